The first-order valence-corrected chi connectivity index (χ1v) is 5.93. The highest BCUT2D eigenvalue weighted by Crippen LogP contribution is 2.26. The van der Waals surface area contributed by atoms with Crippen LogP contribution >= 0.6 is 22.6 Å². The number of hydrogen-bond acceptors (Lipinski definition) is 4. The number of halogens is 1. The van der Waals surface area contributed by atoms with Crippen LogP contribution in [0, 0.1) is 10.5 Å². The molecule has 17 heavy (non-hydrogen) atoms. The first-order chi connectivity index (χ1) is 8.08. The molecule has 1 heterocycles. The Hall–Kier alpha value is -1.57. The second-order valence-corrected chi connectivity index (χ2v) is 4.56. The third kappa shape index (κ3) is 2.57. The molecule has 5 nitrogen and oxygen atoms in total. The first-order valence-electron chi connectivity index (χ1n) is 4.85. The van der Waals surface area contributed by atoms with Crippen LogP contribution in [-0.4, -0.2) is 9.97 Å². The van der Waals surface area contributed by atoms with Gasteiger partial charge in [0.1, 0.15) is 9.32 Å². The zero-order chi connectivity index (χ0) is 12.4. The standard InChI is InChI=1S/C11H10IN3O2/c1-6-2-3-7(13)4-8(6)17-11-9(12)10(16)14-5-15-11/h2-5H,13H2,1H3,(H,14,15,16). The van der Waals surface area contributed by atoms with Crippen molar-refractivity contribution in [2.24, 2.45) is 0 Å². The second-order valence-electron chi connectivity index (χ2n) is 3.48. The average Bonchev–Trinajstić information content (AvgIpc) is 2.30. The molecule has 0 unspecified atom stereocenters. The number of aromatic amines is 1. The predicted molar refractivity (Wildman–Crippen MR) is 73.2 cm³/mol. The molecule has 0 aliphatic heterocycles. The van der Waals surface area contributed by atoms with E-state index in [9.17, 15) is 4.79 Å². The largest absolute Gasteiger partial charge is 0.437 e. The quantitative estimate of drug-likeness (QED) is 0.646. The molecule has 0 aliphatic rings. The highest BCUT2D eigenvalue weighted by atomic mass is 127. The van der Waals surface area contributed by atoms with Crippen LogP contribution in [0.3, 0.4) is 0 Å². The number of H-pyrrole nitrogens is 1. The van der Waals surface area contributed by atoms with Gasteiger partial charge in [-0.3, -0.25) is 4.79 Å². The maximum atomic E-state index is 11.4. The number of aromatic nitrogens is 2. The lowest BCUT2D eigenvalue weighted by atomic mass is 10.2. The SMILES string of the molecule is Cc1ccc(N)cc1Oc1nc[nH]c(=O)c1I. The van der Waals surface area contributed by atoms with Crippen molar-refractivity contribution in [1.29, 1.82) is 0 Å². The number of nitrogens with one attached hydrogen (secondary N) is 1. The van der Waals surface area contributed by atoms with E-state index in [-0.39, 0.29) is 11.4 Å². The molecule has 0 bridgehead atoms. The van der Waals surface area contributed by atoms with Crippen molar-refractivity contribution in [3.05, 3.63) is 44.0 Å². The lowest BCUT2D eigenvalue weighted by molar-refractivity contribution is 0.453. The molecule has 3 N–H and O–H groups in total. The number of anilines is 1. The summed E-state index contributed by atoms with van der Waals surface area (Å²) in [5.74, 6) is 0.879. The van der Waals surface area contributed by atoms with E-state index in [1.807, 2.05) is 35.6 Å². The molecular formula is C11H10IN3O2. The van der Waals surface area contributed by atoms with E-state index in [4.69, 9.17) is 10.5 Å². The number of nitrogen functional groups attached to an aromatic ring is 1. The van der Waals surface area contributed by atoms with Gasteiger partial charge in [0.2, 0.25) is 5.88 Å². The molecule has 0 fully saturated rings. The molecule has 88 valence electrons. The van der Waals surface area contributed by atoms with Crippen LogP contribution in [0.4, 0.5) is 5.69 Å². The number of nitrogens with zero attached hydrogens (tertiary/aromatic N) is 1. The van der Waals surface area contributed by atoms with E-state index in [1.165, 1.54) is 6.33 Å². The Bertz CT molecular complexity index is 610. The zero-order valence-corrected chi connectivity index (χ0v) is 11.2. The number of benzene rings is 1. The van der Waals surface area contributed by atoms with Crippen molar-refractivity contribution < 1.29 is 4.74 Å². The van der Waals surface area contributed by atoms with Gasteiger partial charge >= 0.3 is 0 Å². The normalized spacial score (nSPS) is 10.2. The highest BCUT2D eigenvalue weighted by molar-refractivity contribution is 14.1. The number of ether oxygens (including phenoxy) is 1. The third-order valence-corrected chi connectivity index (χ3v) is 3.13. The lowest BCUT2D eigenvalue weighted by Gasteiger charge is -2.09. The van der Waals surface area contributed by atoms with Crippen LogP contribution in [0.25, 0.3) is 0 Å². The summed E-state index contributed by atoms with van der Waals surface area (Å²) in [5, 5.41) is 0. The molecule has 2 aromatic rings. The zero-order valence-electron chi connectivity index (χ0n) is 9.03. The molecule has 6 heteroatoms. The van der Waals surface area contributed by atoms with Gasteiger partial charge in [-0.1, -0.05) is 6.07 Å². The smallest absolute Gasteiger partial charge is 0.268 e. The Balaban J connectivity index is 2.41. The summed E-state index contributed by atoms with van der Waals surface area (Å²) in [7, 11) is 0. The molecule has 1 aromatic carbocycles. The summed E-state index contributed by atoms with van der Waals surface area (Å²) >= 11 is 1.89. The van der Waals surface area contributed by atoms with Crippen LogP contribution in [0.5, 0.6) is 11.6 Å². The minimum atomic E-state index is -0.225. The Morgan fingerprint density at radius 3 is 3.00 bits per heavy atom. The van der Waals surface area contributed by atoms with Gasteiger partial charge in [0.15, 0.2) is 0 Å². The Kier molecular flexibility index (Phi) is 3.32. The van der Waals surface area contributed by atoms with Crippen molar-refractivity contribution in [1.82, 2.24) is 9.97 Å². The van der Waals surface area contributed by atoms with E-state index in [1.54, 1.807) is 12.1 Å². The summed E-state index contributed by atoms with van der Waals surface area (Å²) in [6.07, 6.45) is 1.31. The van der Waals surface area contributed by atoms with Gasteiger partial charge in [-0.25, -0.2) is 4.98 Å². The number of hydrogen-bond donors (Lipinski definition) is 2. The van der Waals surface area contributed by atoms with Gasteiger partial charge in [0, 0.05) is 11.8 Å². The van der Waals surface area contributed by atoms with E-state index in [2.05, 4.69) is 9.97 Å². The molecule has 0 saturated heterocycles. The molecule has 0 spiro atoms. The second kappa shape index (κ2) is 4.74. The molecule has 0 radical (unpaired) electrons. The van der Waals surface area contributed by atoms with Crippen LogP contribution in [0.15, 0.2) is 29.3 Å². The fourth-order valence-corrected chi connectivity index (χ4v) is 1.67. The maximum absolute atomic E-state index is 11.4. The fraction of sp³-hybridized carbons (Fsp3) is 0.0909. The number of rotatable bonds is 2. The van der Waals surface area contributed by atoms with Gasteiger partial charge in [0.25, 0.3) is 5.56 Å². The average molecular weight is 343 g/mol. The molecule has 2 rings (SSSR count). The van der Waals surface area contributed by atoms with E-state index < -0.39 is 0 Å². The summed E-state index contributed by atoms with van der Waals surface area (Å²) in [6.45, 7) is 1.90. The topological polar surface area (TPSA) is 81.0 Å². The summed E-state index contributed by atoms with van der Waals surface area (Å²) in [5.41, 5.74) is 6.98. The predicted octanol–water partition coefficient (Wildman–Crippen LogP) is 2.06. The van der Waals surface area contributed by atoms with Gasteiger partial charge in [-0.2, -0.15) is 0 Å². The number of aryl methyl sites for hydroxylation is 1. The van der Waals surface area contributed by atoms with Gasteiger partial charge in [-0.15, -0.1) is 0 Å². The van der Waals surface area contributed by atoms with Crippen LogP contribution in [0.2, 0.25) is 0 Å². The molecule has 0 amide bonds. The molecule has 0 saturated carbocycles. The third-order valence-electron chi connectivity index (χ3n) is 2.18. The molecule has 0 aliphatic carbocycles. The van der Waals surface area contributed by atoms with Crippen molar-refractivity contribution >= 4 is 28.3 Å². The monoisotopic (exact) mass is 343 g/mol. The van der Waals surface area contributed by atoms with Crippen LogP contribution in [-0.2, 0) is 0 Å². The minimum absolute atomic E-state index is 0.225. The number of nitrogens with two attached hydrogens (primary N) is 1. The Morgan fingerprint density at radius 1 is 1.47 bits per heavy atom. The van der Waals surface area contributed by atoms with Gasteiger partial charge in [-0.05, 0) is 41.1 Å². The molecule has 0 atom stereocenters. The molecular weight excluding hydrogens is 333 g/mol. The summed E-state index contributed by atoms with van der Waals surface area (Å²) < 4.78 is 5.99. The fourth-order valence-electron chi connectivity index (χ4n) is 1.27. The van der Waals surface area contributed by atoms with E-state index in [0.29, 0.717) is 15.0 Å². The first kappa shape index (κ1) is 11.9. The Morgan fingerprint density at radius 2 is 2.24 bits per heavy atom. The summed E-state index contributed by atoms with van der Waals surface area (Å²) in [4.78, 5) is 17.8. The maximum Gasteiger partial charge on any atom is 0.268 e. The van der Waals surface area contributed by atoms with Gasteiger partial charge < -0.3 is 15.5 Å². The van der Waals surface area contributed by atoms with Crippen molar-refractivity contribution in [2.75, 3.05) is 5.73 Å². The minimum Gasteiger partial charge on any atom is -0.437 e. The highest BCUT2D eigenvalue weighted by Gasteiger charge is 2.09. The molecule has 1 aromatic heterocycles. The van der Waals surface area contributed by atoms with Gasteiger partial charge in [0.05, 0.1) is 6.33 Å². The van der Waals surface area contributed by atoms with Crippen molar-refractivity contribution in [3.63, 3.8) is 0 Å². The Labute approximate surface area is 111 Å². The van der Waals surface area contributed by atoms with Crippen molar-refractivity contribution in [2.45, 2.75) is 6.92 Å². The van der Waals surface area contributed by atoms with E-state index >= 15 is 0 Å². The summed E-state index contributed by atoms with van der Waals surface area (Å²) in [6, 6.07) is 5.34. The lowest BCUT2D eigenvalue weighted by Crippen LogP contribution is -2.11. The van der Waals surface area contributed by atoms with Crippen LogP contribution in [0.1, 0.15) is 5.56 Å². The van der Waals surface area contributed by atoms with E-state index in [0.717, 1.165) is 5.56 Å². The van der Waals surface area contributed by atoms with Crippen molar-refractivity contribution in [3.8, 4) is 11.6 Å². The van der Waals surface area contributed by atoms with Crippen LogP contribution < -0.4 is 16.0 Å².